The van der Waals surface area contributed by atoms with Gasteiger partial charge in [0.1, 0.15) is 5.52 Å². The normalized spacial score (nSPS) is 23.2. The first-order valence-electron chi connectivity index (χ1n) is 7.23. The predicted octanol–water partition coefficient (Wildman–Crippen LogP) is 0.679. The van der Waals surface area contributed by atoms with Crippen molar-refractivity contribution in [1.29, 1.82) is 0 Å². The second-order valence-electron chi connectivity index (χ2n) is 5.50. The zero-order chi connectivity index (χ0) is 13.5. The maximum Gasteiger partial charge on any atom is 0.226 e. The van der Waals surface area contributed by atoms with Gasteiger partial charge >= 0.3 is 0 Å². The Labute approximate surface area is 117 Å². The van der Waals surface area contributed by atoms with Crippen LogP contribution < -0.4 is 10.2 Å². The van der Waals surface area contributed by atoms with Gasteiger partial charge < -0.3 is 15.2 Å². The van der Waals surface area contributed by atoms with Crippen LogP contribution in [0, 0.1) is 0 Å². The molecule has 7 nitrogen and oxygen atoms in total. The minimum atomic E-state index is 0.633. The second kappa shape index (κ2) is 4.59. The fourth-order valence-corrected chi connectivity index (χ4v) is 3.34. The summed E-state index contributed by atoms with van der Waals surface area (Å²) < 4.78 is 0. The number of hydrogen-bond donors (Lipinski definition) is 2. The number of hydrogen-bond acceptors (Lipinski definition) is 6. The van der Waals surface area contributed by atoms with E-state index in [1.54, 1.807) is 6.33 Å². The van der Waals surface area contributed by atoms with E-state index >= 15 is 0 Å². The van der Waals surface area contributed by atoms with Crippen LogP contribution in [-0.4, -0.2) is 64.1 Å². The summed E-state index contributed by atoms with van der Waals surface area (Å²) in [6.07, 6.45) is 4.31. The first-order chi connectivity index (χ1) is 9.85. The van der Waals surface area contributed by atoms with Crippen LogP contribution in [0.4, 0.5) is 11.8 Å². The smallest absolute Gasteiger partial charge is 0.226 e. The fourth-order valence-electron chi connectivity index (χ4n) is 3.34. The van der Waals surface area contributed by atoms with Gasteiger partial charge in [-0.05, 0) is 19.4 Å². The fraction of sp³-hybridized carbons (Fsp3) is 0.615. The van der Waals surface area contributed by atoms with Gasteiger partial charge in [0.2, 0.25) is 5.95 Å². The largest absolute Gasteiger partial charge is 0.357 e. The molecule has 2 aromatic rings. The maximum atomic E-state index is 4.64. The van der Waals surface area contributed by atoms with Crippen molar-refractivity contribution in [2.75, 3.05) is 43.4 Å². The van der Waals surface area contributed by atoms with Crippen LogP contribution in [0.2, 0.25) is 0 Å². The third-order valence-corrected chi connectivity index (χ3v) is 4.38. The van der Waals surface area contributed by atoms with Crippen molar-refractivity contribution in [2.24, 2.45) is 0 Å². The summed E-state index contributed by atoms with van der Waals surface area (Å²) in [4.78, 5) is 21.4. The summed E-state index contributed by atoms with van der Waals surface area (Å²) in [7, 11) is 1.84. The molecule has 2 N–H and O–H groups in total. The summed E-state index contributed by atoms with van der Waals surface area (Å²) in [5, 5.41) is 3.02. The Bertz CT molecular complexity index is 622. The van der Waals surface area contributed by atoms with E-state index in [1.807, 2.05) is 7.05 Å². The number of anilines is 2. The van der Waals surface area contributed by atoms with E-state index in [2.05, 4.69) is 35.1 Å². The van der Waals surface area contributed by atoms with E-state index in [9.17, 15) is 0 Å². The van der Waals surface area contributed by atoms with Crippen LogP contribution in [0.1, 0.15) is 12.8 Å². The number of aromatic nitrogens is 4. The molecule has 2 aliphatic rings. The molecule has 1 atom stereocenters. The minimum Gasteiger partial charge on any atom is -0.357 e. The van der Waals surface area contributed by atoms with E-state index in [1.165, 1.54) is 19.4 Å². The first kappa shape index (κ1) is 11.9. The summed E-state index contributed by atoms with van der Waals surface area (Å²) in [6.45, 7) is 4.45. The monoisotopic (exact) mass is 273 g/mol. The summed E-state index contributed by atoms with van der Waals surface area (Å²) in [5.41, 5.74) is 1.67. The Morgan fingerprint density at radius 2 is 2.25 bits per heavy atom. The number of H-pyrrole nitrogens is 1. The summed E-state index contributed by atoms with van der Waals surface area (Å²) in [5.74, 6) is 1.61. The Morgan fingerprint density at radius 1 is 1.30 bits per heavy atom. The number of rotatable bonds is 2. The molecule has 1 unspecified atom stereocenters. The SMILES string of the molecule is CNc1nc(N2CCN3CCCC3C2)c2[nH]cnc2n1. The first-order valence-corrected chi connectivity index (χ1v) is 7.23. The molecule has 106 valence electrons. The molecule has 0 radical (unpaired) electrons. The number of piperazine rings is 1. The van der Waals surface area contributed by atoms with Crippen molar-refractivity contribution in [3.8, 4) is 0 Å². The van der Waals surface area contributed by atoms with E-state index in [0.29, 0.717) is 12.0 Å². The van der Waals surface area contributed by atoms with Crippen molar-refractivity contribution < 1.29 is 0 Å². The topological polar surface area (TPSA) is 73.0 Å². The van der Waals surface area contributed by atoms with E-state index < -0.39 is 0 Å². The number of aromatic amines is 1. The average molecular weight is 273 g/mol. The summed E-state index contributed by atoms with van der Waals surface area (Å²) in [6, 6.07) is 0.676. The lowest BCUT2D eigenvalue weighted by Crippen LogP contribution is -2.50. The van der Waals surface area contributed by atoms with Gasteiger partial charge in [0, 0.05) is 32.7 Å². The van der Waals surface area contributed by atoms with Gasteiger partial charge in [0.15, 0.2) is 11.5 Å². The molecular weight excluding hydrogens is 254 g/mol. The highest BCUT2D eigenvalue weighted by Crippen LogP contribution is 2.28. The molecule has 2 aliphatic heterocycles. The molecule has 4 rings (SSSR count). The Hall–Kier alpha value is -1.89. The summed E-state index contributed by atoms with van der Waals surface area (Å²) >= 11 is 0. The molecule has 0 saturated carbocycles. The van der Waals surface area contributed by atoms with Gasteiger partial charge in [-0.2, -0.15) is 9.97 Å². The van der Waals surface area contributed by atoms with Crippen LogP contribution in [-0.2, 0) is 0 Å². The van der Waals surface area contributed by atoms with E-state index in [4.69, 9.17) is 0 Å². The molecule has 4 heterocycles. The van der Waals surface area contributed by atoms with Crippen LogP contribution in [0.25, 0.3) is 11.2 Å². The number of imidazole rings is 1. The lowest BCUT2D eigenvalue weighted by atomic mass is 10.1. The van der Waals surface area contributed by atoms with Gasteiger partial charge in [-0.15, -0.1) is 0 Å². The van der Waals surface area contributed by atoms with Crippen molar-refractivity contribution in [2.45, 2.75) is 18.9 Å². The molecule has 0 amide bonds. The Kier molecular flexibility index (Phi) is 2.73. The number of nitrogens with zero attached hydrogens (tertiary/aromatic N) is 5. The molecule has 7 heteroatoms. The maximum absolute atomic E-state index is 4.64. The highest BCUT2D eigenvalue weighted by molar-refractivity contribution is 5.84. The molecule has 2 aromatic heterocycles. The minimum absolute atomic E-state index is 0.633. The lowest BCUT2D eigenvalue weighted by molar-refractivity contribution is 0.230. The highest BCUT2D eigenvalue weighted by Gasteiger charge is 2.32. The molecule has 0 aromatic carbocycles. The third kappa shape index (κ3) is 1.81. The Balaban J connectivity index is 1.72. The van der Waals surface area contributed by atoms with Gasteiger partial charge in [-0.3, -0.25) is 4.90 Å². The van der Waals surface area contributed by atoms with Gasteiger partial charge in [0.25, 0.3) is 0 Å². The van der Waals surface area contributed by atoms with Crippen LogP contribution in [0.15, 0.2) is 6.33 Å². The predicted molar refractivity (Wildman–Crippen MR) is 78.0 cm³/mol. The average Bonchev–Trinajstić information content (AvgIpc) is 3.13. The lowest BCUT2D eigenvalue weighted by Gasteiger charge is -2.38. The molecule has 0 bridgehead atoms. The number of nitrogens with one attached hydrogen (secondary N) is 2. The van der Waals surface area contributed by atoms with Crippen LogP contribution >= 0.6 is 0 Å². The van der Waals surface area contributed by atoms with Crippen molar-refractivity contribution >= 4 is 22.9 Å². The molecule has 20 heavy (non-hydrogen) atoms. The highest BCUT2D eigenvalue weighted by atomic mass is 15.3. The molecule has 2 saturated heterocycles. The Morgan fingerprint density at radius 3 is 3.15 bits per heavy atom. The van der Waals surface area contributed by atoms with E-state index in [0.717, 1.165) is 36.6 Å². The molecule has 0 spiro atoms. The van der Waals surface area contributed by atoms with Crippen molar-refractivity contribution in [3.05, 3.63) is 6.33 Å². The molecule has 2 fully saturated rings. The van der Waals surface area contributed by atoms with Crippen molar-refractivity contribution in [1.82, 2.24) is 24.8 Å². The van der Waals surface area contributed by atoms with Gasteiger partial charge in [-0.25, -0.2) is 4.98 Å². The van der Waals surface area contributed by atoms with Crippen molar-refractivity contribution in [3.63, 3.8) is 0 Å². The van der Waals surface area contributed by atoms with Crippen LogP contribution in [0.3, 0.4) is 0 Å². The second-order valence-corrected chi connectivity index (χ2v) is 5.50. The number of fused-ring (bicyclic) bond motifs is 2. The molecular formula is C13H19N7. The van der Waals surface area contributed by atoms with Crippen LogP contribution in [0.5, 0.6) is 0 Å². The quantitative estimate of drug-likeness (QED) is 0.838. The molecule has 0 aliphatic carbocycles. The zero-order valence-electron chi connectivity index (χ0n) is 11.6. The zero-order valence-corrected chi connectivity index (χ0v) is 11.6. The standard InChI is InChI=1S/C13H19N7/c1-14-13-17-11-10(15-8-16-11)12(18-13)20-6-5-19-4-2-3-9(19)7-20/h8-9H,2-7H2,1H3,(H2,14,15,16,17,18). The van der Waals surface area contributed by atoms with E-state index in [-0.39, 0.29) is 0 Å². The van der Waals surface area contributed by atoms with Gasteiger partial charge in [0.05, 0.1) is 6.33 Å². The van der Waals surface area contributed by atoms with Gasteiger partial charge in [-0.1, -0.05) is 0 Å². The third-order valence-electron chi connectivity index (χ3n) is 4.38.